The number of rotatable bonds is 0. The van der Waals surface area contributed by atoms with Gasteiger partial charge in [-0.1, -0.05) is 0 Å². The van der Waals surface area contributed by atoms with Gasteiger partial charge in [-0.25, -0.2) is 0 Å². The van der Waals surface area contributed by atoms with E-state index in [-0.39, 0.29) is 11.4 Å². The van der Waals surface area contributed by atoms with Crippen LogP contribution < -0.4 is 4.90 Å². The van der Waals surface area contributed by atoms with E-state index in [1.54, 1.807) is 0 Å². The van der Waals surface area contributed by atoms with Gasteiger partial charge in [0, 0.05) is 5.16 Å². The van der Waals surface area contributed by atoms with Crippen molar-refractivity contribution in [2.24, 2.45) is 0 Å². The van der Waals surface area contributed by atoms with E-state index in [0.29, 0.717) is 0 Å². The SMILES string of the molecule is O=CO.[O-][n+]1ccno1. The zero-order chi connectivity index (χ0) is 7.11. The molecule has 1 rings (SSSR count). The molecule has 0 aromatic carbocycles. The Balaban J connectivity index is 0.000000187. The Bertz CT molecular complexity index is 149. The molecule has 50 valence electrons. The molecule has 0 atom stereocenters. The normalized spacial score (nSPS) is 7.11. The van der Waals surface area contributed by atoms with Gasteiger partial charge in [-0.15, -0.1) is 0 Å². The first kappa shape index (κ1) is 7.41. The molecule has 0 aliphatic carbocycles. The van der Waals surface area contributed by atoms with Crippen LogP contribution in [-0.2, 0) is 4.79 Å². The van der Waals surface area contributed by atoms with Crippen molar-refractivity contribution in [3.05, 3.63) is 17.6 Å². The summed E-state index contributed by atoms with van der Waals surface area (Å²) < 4.78 is 3.94. The van der Waals surface area contributed by atoms with Crippen LogP contribution in [0.1, 0.15) is 0 Å². The Morgan fingerprint density at radius 2 is 2.44 bits per heavy atom. The van der Waals surface area contributed by atoms with E-state index in [0.717, 1.165) is 0 Å². The fourth-order valence-electron chi connectivity index (χ4n) is 0.183. The predicted molar refractivity (Wildman–Crippen MR) is 24.2 cm³/mol. The molecule has 0 saturated heterocycles. The maximum absolute atomic E-state index is 9.76. The fraction of sp³-hybridized carbons (Fsp3) is 0. The molecule has 0 aliphatic heterocycles. The first-order valence-corrected chi connectivity index (χ1v) is 1.89. The lowest BCUT2D eigenvalue weighted by Crippen LogP contribution is -2.20. The second-order valence-electron chi connectivity index (χ2n) is 0.876. The number of aromatic nitrogens is 2. The van der Waals surface area contributed by atoms with Gasteiger partial charge in [-0.2, -0.15) is 0 Å². The molecule has 0 saturated carbocycles. The highest BCUT2D eigenvalue weighted by Gasteiger charge is 1.78. The van der Waals surface area contributed by atoms with Gasteiger partial charge >= 0.3 is 0 Å². The average molecular weight is 132 g/mol. The third kappa shape index (κ3) is 4.26. The minimum absolute atomic E-state index is 0.250. The average Bonchev–Trinajstić information content (AvgIpc) is 2.20. The van der Waals surface area contributed by atoms with Crippen molar-refractivity contribution in [2.75, 3.05) is 0 Å². The molecule has 1 heterocycles. The van der Waals surface area contributed by atoms with Gasteiger partial charge < -0.3 is 10.3 Å². The van der Waals surface area contributed by atoms with E-state index in [1.807, 2.05) is 0 Å². The quantitative estimate of drug-likeness (QED) is 0.361. The summed E-state index contributed by atoms with van der Waals surface area (Å²) in [5.74, 6) is 0. The van der Waals surface area contributed by atoms with Crippen molar-refractivity contribution >= 4 is 6.47 Å². The predicted octanol–water partition coefficient (Wildman–Crippen LogP) is -0.991. The lowest BCUT2D eigenvalue weighted by molar-refractivity contribution is -0.802. The van der Waals surface area contributed by atoms with Crippen LogP contribution in [0.4, 0.5) is 0 Å². The van der Waals surface area contributed by atoms with Crippen LogP contribution in [0.2, 0.25) is 0 Å². The number of carbonyl (C=O) groups is 1. The first-order chi connectivity index (χ1) is 4.31. The number of hydrogen-bond acceptors (Lipinski definition) is 4. The molecule has 0 bridgehead atoms. The van der Waals surface area contributed by atoms with Gasteiger partial charge in [0.1, 0.15) is 0 Å². The van der Waals surface area contributed by atoms with Gasteiger partial charge in [0.05, 0.1) is 0 Å². The third-order valence-electron chi connectivity index (χ3n) is 0.377. The van der Waals surface area contributed by atoms with E-state index in [1.165, 1.54) is 12.4 Å². The second kappa shape index (κ2) is 4.57. The highest BCUT2D eigenvalue weighted by atomic mass is 16.8. The van der Waals surface area contributed by atoms with Gasteiger partial charge in [0.25, 0.3) is 6.47 Å². The van der Waals surface area contributed by atoms with Crippen LogP contribution in [0.25, 0.3) is 0 Å². The Morgan fingerprint density at radius 1 is 1.89 bits per heavy atom. The number of hydrogen-bond donors (Lipinski definition) is 1. The summed E-state index contributed by atoms with van der Waals surface area (Å²) in [4.78, 5) is 8.62. The molecule has 0 aliphatic rings. The third-order valence-corrected chi connectivity index (χ3v) is 0.377. The zero-order valence-corrected chi connectivity index (χ0v) is 4.30. The van der Waals surface area contributed by atoms with Crippen molar-refractivity contribution < 1.29 is 19.4 Å². The van der Waals surface area contributed by atoms with Crippen molar-refractivity contribution in [3.63, 3.8) is 0 Å². The Morgan fingerprint density at radius 3 is 2.56 bits per heavy atom. The molecule has 9 heavy (non-hydrogen) atoms. The van der Waals surface area contributed by atoms with Gasteiger partial charge in [-0.05, 0) is 4.90 Å². The number of nitrogens with zero attached hydrogens (tertiary/aromatic N) is 2. The van der Waals surface area contributed by atoms with Crippen molar-refractivity contribution in [1.82, 2.24) is 5.16 Å². The maximum Gasteiger partial charge on any atom is 0.290 e. The van der Waals surface area contributed by atoms with Crippen molar-refractivity contribution in [2.45, 2.75) is 0 Å². The van der Waals surface area contributed by atoms with E-state index >= 15 is 0 Å². The lowest BCUT2D eigenvalue weighted by Gasteiger charge is -1.73. The molecule has 0 unspecified atom stereocenters. The summed E-state index contributed by atoms with van der Waals surface area (Å²) in [5.41, 5.74) is 0. The van der Waals surface area contributed by atoms with Crippen LogP contribution in [0.5, 0.6) is 0 Å². The molecule has 1 aromatic heterocycles. The highest BCUT2D eigenvalue weighted by molar-refractivity contribution is 5.32. The summed E-state index contributed by atoms with van der Waals surface area (Å²) in [6.45, 7) is -0.250. The molecular formula is C3H4N2O4. The standard InChI is InChI=1S/C2H2N2O2.CH2O2/c5-4-2-1-3-6-4;2-1-3/h1-2H;1H,(H,2,3). The monoisotopic (exact) mass is 132 g/mol. The van der Waals surface area contributed by atoms with Gasteiger partial charge in [-0.3, -0.25) is 9.42 Å². The smallest absolute Gasteiger partial charge is 0.290 e. The van der Waals surface area contributed by atoms with E-state index < -0.39 is 0 Å². The van der Waals surface area contributed by atoms with E-state index in [4.69, 9.17) is 9.90 Å². The largest absolute Gasteiger partial charge is 0.483 e. The molecule has 6 heteroatoms. The molecule has 0 fully saturated rings. The zero-order valence-electron chi connectivity index (χ0n) is 4.30. The summed E-state index contributed by atoms with van der Waals surface area (Å²) in [6, 6.07) is 0. The number of carboxylic acid groups (broad SMARTS) is 1. The molecule has 0 radical (unpaired) electrons. The van der Waals surface area contributed by atoms with Crippen LogP contribution >= 0.6 is 0 Å². The van der Waals surface area contributed by atoms with Crippen LogP contribution in [0.15, 0.2) is 17.0 Å². The van der Waals surface area contributed by atoms with Crippen LogP contribution in [-0.4, -0.2) is 16.7 Å². The highest BCUT2D eigenvalue weighted by Crippen LogP contribution is 1.60. The Hall–Kier alpha value is -1.59. The van der Waals surface area contributed by atoms with Crippen molar-refractivity contribution in [3.8, 4) is 0 Å². The lowest BCUT2D eigenvalue weighted by atomic mass is 11.0. The second-order valence-corrected chi connectivity index (χ2v) is 0.876. The molecule has 0 amide bonds. The minimum Gasteiger partial charge on any atom is -0.483 e. The summed E-state index contributed by atoms with van der Waals surface area (Å²) in [5, 5.41) is 19.7. The Kier molecular flexibility index (Phi) is 3.76. The maximum atomic E-state index is 9.76. The van der Waals surface area contributed by atoms with E-state index in [2.05, 4.69) is 9.79 Å². The molecule has 6 nitrogen and oxygen atoms in total. The molecular weight excluding hydrogens is 128 g/mol. The van der Waals surface area contributed by atoms with Crippen LogP contribution in [0, 0.1) is 5.21 Å². The summed E-state index contributed by atoms with van der Waals surface area (Å²) in [7, 11) is 0. The fourth-order valence-corrected chi connectivity index (χ4v) is 0.183. The molecule has 1 aromatic rings. The topological polar surface area (TPSA) is 90.3 Å². The molecule has 1 N–H and O–H groups in total. The Labute approximate surface area is 49.9 Å². The van der Waals surface area contributed by atoms with E-state index in [9.17, 15) is 5.21 Å². The van der Waals surface area contributed by atoms with Crippen molar-refractivity contribution in [1.29, 1.82) is 0 Å². The van der Waals surface area contributed by atoms with Gasteiger partial charge in [0.2, 0.25) is 6.20 Å². The molecule has 0 spiro atoms. The first-order valence-electron chi connectivity index (χ1n) is 1.89. The van der Waals surface area contributed by atoms with Gasteiger partial charge in [0.15, 0.2) is 6.20 Å². The summed E-state index contributed by atoms with van der Waals surface area (Å²) >= 11 is 0. The van der Waals surface area contributed by atoms with Crippen LogP contribution in [0.3, 0.4) is 0 Å². The summed E-state index contributed by atoms with van der Waals surface area (Å²) in [6.07, 6.45) is 2.44. The minimum atomic E-state index is -0.250.